The van der Waals surface area contributed by atoms with Crippen LogP contribution in [0.25, 0.3) is 0 Å². The quantitative estimate of drug-likeness (QED) is 0.768. The third kappa shape index (κ3) is 3.48. The van der Waals surface area contributed by atoms with E-state index in [1.807, 2.05) is 0 Å². The predicted molar refractivity (Wildman–Crippen MR) is 64.5 cm³/mol. The molecule has 5 heteroatoms. The molecule has 5 nitrogen and oxygen atoms in total. The summed E-state index contributed by atoms with van der Waals surface area (Å²) in [6.45, 7) is 10.9. The Balaban J connectivity index is 2.51. The molecule has 1 rings (SSSR count). The second kappa shape index (κ2) is 6.48. The number of hydrogen-bond acceptors (Lipinski definition) is 5. The first kappa shape index (κ1) is 13.0. The van der Waals surface area contributed by atoms with E-state index in [0.29, 0.717) is 24.4 Å². The van der Waals surface area contributed by atoms with E-state index in [0.717, 1.165) is 19.5 Å². The third-order valence-corrected chi connectivity index (χ3v) is 2.72. The lowest BCUT2D eigenvalue weighted by atomic mass is 10.3. The molecule has 0 saturated carbocycles. The second-order valence-corrected chi connectivity index (χ2v) is 3.85. The lowest BCUT2D eigenvalue weighted by molar-refractivity contribution is 0.357. The van der Waals surface area contributed by atoms with Crippen molar-refractivity contribution in [1.29, 1.82) is 0 Å². The first-order valence-electron chi connectivity index (χ1n) is 6.02. The lowest BCUT2D eigenvalue weighted by Crippen LogP contribution is -2.25. The molecule has 1 heterocycles. The number of rotatable bonds is 7. The van der Waals surface area contributed by atoms with Gasteiger partial charge in [0.1, 0.15) is 0 Å². The van der Waals surface area contributed by atoms with Crippen molar-refractivity contribution in [3.63, 3.8) is 0 Å². The Morgan fingerprint density at radius 2 is 2.00 bits per heavy atom. The first-order valence-corrected chi connectivity index (χ1v) is 6.02. The summed E-state index contributed by atoms with van der Waals surface area (Å²) in [6.07, 6.45) is 1.09. The largest absolute Gasteiger partial charge is 0.339 e. The molecule has 1 aromatic heterocycles. The molecule has 0 aliphatic heterocycles. The topological polar surface area (TPSA) is 54.2 Å². The Kier molecular flexibility index (Phi) is 5.25. The molecule has 1 aromatic rings. The molecule has 16 heavy (non-hydrogen) atoms. The van der Waals surface area contributed by atoms with Gasteiger partial charge in [0.15, 0.2) is 0 Å². The van der Waals surface area contributed by atoms with Gasteiger partial charge in [-0.25, -0.2) is 0 Å². The summed E-state index contributed by atoms with van der Waals surface area (Å²) < 4.78 is 5.18. The van der Waals surface area contributed by atoms with Gasteiger partial charge in [0.2, 0.25) is 5.89 Å². The number of hydrogen-bond donors (Lipinski definition) is 1. The SMILES string of the molecule is CCC(C)NCc1nc(N(CC)CC)no1. The van der Waals surface area contributed by atoms with Gasteiger partial charge in [-0.15, -0.1) is 0 Å². The van der Waals surface area contributed by atoms with E-state index in [9.17, 15) is 0 Å². The molecule has 0 bridgehead atoms. The highest BCUT2D eigenvalue weighted by Crippen LogP contribution is 2.08. The Bertz CT molecular complexity index is 296. The molecule has 0 aliphatic rings. The van der Waals surface area contributed by atoms with Crippen LogP contribution in [0.5, 0.6) is 0 Å². The van der Waals surface area contributed by atoms with Crippen LogP contribution in [0.3, 0.4) is 0 Å². The van der Waals surface area contributed by atoms with Crippen LogP contribution in [-0.4, -0.2) is 29.3 Å². The van der Waals surface area contributed by atoms with Crippen LogP contribution in [0.1, 0.15) is 40.0 Å². The van der Waals surface area contributed by atoms with Crippen molar-refractivity contribution >= 4 is 5.95 Å². The normalized spacial score (nSPS) is 12.8. The van der Waals surface area contributed by atoms with E-state index in [1.165, 1.54) is 0 Å². The minimum Gasteiger partial charge on any atom is -0.339 e. The smallest absolute Gasteiger partial charge is 0.266 e. The van der Waals surface area contributed by atoms with Crippen LogP contribution in [0.15, 0.2) is 4.52 Å². The van der Waals surface area contributed by atoms with E-state index in [1.54, 1.807) is 0 Å². The van der Waals surface area contributed by atoms with Crippen LogP contribution < -0.4 is 10.2 Å². The van der Waals surface area contributed by atoms with Gasteiger partial charge in [-0.3, -0.25) is 0 Å². The van der Waals surface area contributed by atoms with Crippen LogP contribution in [-0.2, 0) is 6.54 Å². The van der Waals surface area contributed by atoms with Crippen molar-refractivity contribution in [3.05, 3.63) is 5.89 Å². The monoisotopic (exact) mass is 226 g/mol. The molecule has 0 radical (unpaired) electrons. The van der Waals surface area contributed by atoms with Crippen molar-refractivity contribution in [2.24, 2.45) is 0 Å². The maximum Gasteiger partial charge on any atom is 0.266 e. The second-order valence-electron chi connectivity index (χ2n) is 3.85. The zero-order valence-corrected chi connectivity index (χ0v) is 10.7. The fraction of sp³-hybridized carbons (Fsp3) is 0.818. The van der Waals surface area contributed by atoms with Crippen molar-refractivity contribution in [2.45, 2.75) is 46.7 Å². The van der Waals surface area contributed by atoms with Gasteiger partial charge in [0, 0.05) is 19.1 Å². The third-order valence-electron chi connectivity index (χ3n) is 2.72. The van der Waals surface area contributed by atoms with E-state index in [2.05, 4.69) is 48.1 Å². The average molecular weight is 226 g/mol. The summed E-state index contributed by atoms with van der Waals surface area (Å²) in [5.74, 6) is 1.34. The molecule has 1 unspecified atom stereocenters. The standard InChI is InChI=1S/C11H22N4O/c1-5-9(4)12-8-10-13-11(14-16-10)15(6-2)7-3/h9,12H,5-8H2,1-4H3. The zero-order chi connectivity index (χ0) is 12.0. The van der Waals surface area contributed by atoms with Crippen molar-refractivity contribution < 1.29 is 4.52 Å². The van der Waals surface area contributed by atoms with Gasteiger partial charge in [0.25, 0.3) is 5.95 Å². The predicted octanol–water partition coefficient (Wildman–Crippen LogP) is 1.80. The zero-order valence-electron chi connectivity index (χ0n) is 10.7. The van der Waals surface area contributed by atoms with E-state index in [4.69, 9.17) is 4.52 Å². The molecule has 92 valence electrons. The van der Waals surface area contributed by atoms with E-state index in [-0.39, 0.29) is 0 Å². The highest BCUT2D eigenvalue weighted by atomic mass is 16.5. The lowest BCUT2D eigenvalue weighted by Gasteiger charge is -2.14. The highest BCUT2D eigenvalue weighted by Gasteiger charge is 2.11. The van der Waals surface area contributed by atoms with Crippen LogP contribution in [0, 0.1) is 0 Å². The van der Waals surface area contributed by atoms with Gasteiger partial charge in [-0.1, -0.05) is 6.92 Å². The van der Waals surface area contributed by atoms with Crippen LogP contribution in [0.2, 0.25) is 0 Å². The Hall–Kier alpha value is -1.10. The molecule has 0 saturated heterocycles. The molecule has 0 spiro atoms. The van der Waals surface area contributed by atoms with Crippen molar-refractivity contribution in [1.82, 2.24) is 15.5 Å². The summed E-state index contributed by atoms with van der Waals surface area (Å²) in [6, 6.07) is 0.476. The fourth-order valence-electron chi connectivity index (χ4n) is 1.36. The van der Waals surface area contributed by atoms with Gasteiger partial charge in [-0.05, 0) is 32.3 Å². The summed E-state index contributed by atoms with van der Waals surface area (Å²) in [5.41, 5.74) is 0. The summed E-state index contributed by atoms with van der Waals surface area (Å²) >= 11 is 0. The molecule has 0 amide bonds. The Morgan fingerprint density at radius 1 is 1.31 bits per heavy atom. The van der Waals surface area contributed by atoms with Gasteiger partial charge < -0.3 is 14.7 Å². The van der Waals surface area contributed by atoms with E-state index >= 15 is 0 Å². The van der Waals surface area contributed by atoms with Crippen molar-refractivity contribution in [2.75, 3.05) is 18.0 Å². The average Bonchev–Trinajstić information content (AvgIpc) is 2.76. The maximum atomic E-state index is 5.18. The van der Waals surface area contributed by atoms with Gasteiger partial charge >= 0.3 is 0 Å². The summed E-state index contributed by atoms with van der Waals surface area (Å²) in [4.78, 5) is 6.41. The highest BCUT2D eigenvalue weighted by molar-refractivity contribution is 5.26. The molecule has 1 atom stereocenters. The molecule has 0 aromatic carbocycles. The Morgan fingerprint density at radius 3 is 2.56 bits per heavy atom. The molecule has 1 N–H and O–H groups in total. The van der Waals surface area contributed by atoms with E-state index < -0.39 is 0 Å². The number of aromatic nitrogens is 2. The molecule has 0 aliphatic carbocycles. The summed E-state index contributed by atoms with van der Waals surface area (Å²) in [5, 5.41) is 7.28. The van der Waals surface area contributed by atoms with Gasteiger partial charge in [0.05, 0.1) is 6.54 Å². The summed E-state index contributed by atoms with van der Waals surface area (Å²) in [7, 11) is 0. The maximum absolute atomic E-state index is 5.18. The minimum atomic E-state index is 0.476. The van der Waals surface area contributed by atoms with Gasteiger partial charge in [-0.2, -0.15) is 4.98 Å². The first-order chi connectivity index (χ1) is 7.71. The number of anilines is 1. The molecular formula is C11H22N4O. The molecular weight excluding hydrogens is 204 g/mol. The van der Waals surface area contributed by atoms with Crippen LogP contribution >= 0.6 is 0 Å². The molecule has 0 fully saturated rings. The van der Waals surface area contributed by atoms with Crippen molar-refractivity contribution in [3.8, 4) is 0 Å². The number of nitrogens with one attached hydrogen (secondary N) is 1. The number of nitrogens with zero attached hydrogens (tertiary/aromatic N) is 3. The minimum absolute atomic E-state index is 0.476. The fourth-order valence-corrected chi connectivity index (χ4v) is 1.36. The Labute approximate surface area is 97.2 Å². The van der Waals surface area contributed by atoms with Crippen LogP contribution in [0.4, 0.5) is 5.95 Å².